The van der Waals surface area contributed by atoms with Crippen LogP contribution in [0.3, 0.4) is 0 Å². The summed E-state index contributed by atoms with van der Waals surface area (Å²) in [5, 5.41) is 0.336. The molecule has 0 amide bonds. The first-order valence-electron chi connectivity index (χ1n) is 18.9. The van der Waals surface area contributed by atoms with Crippen LogP contribution in [0.4, 0.5) is 17.1 Å². The SMILES string of the molecule is CB(O[Si](C)(C)C(C)(C)C)c1ccc(-c2ccc(N(c3ccc(C=O)cc3)c3ccc(-c4ccc(C(C)O[Si](C)(C)C(C)(C)C)cc4)cc3)cc2)cc1. The van der Waals surface area contributed by atoms with Gasteiger partial charge in [-0.3, -0.25) is 4.79 Å². The van der Waals surface area contributed by atoms with Crippen LogP contribution in [0.2, 0.25) is 43.1 Å². The standard InChI is InChI=1S/C46H58BNO3Si2/c1-34(50-52(9,10)45(2,3)4)36-15-17-37(18-16-36)39-21-29-43(30-22-39)48(42-27-13-35(33-49)14-28-42)44-31-23-40(24-32-44)38-19-25-41(26-20-38)47(8)51-53(11,12)46(5,6)7/h13-34H,1-12H3. The van der Waals surface area contributed by atoms with Crippen LogP contribution in [-0.2, 0) is 8.77 Å². The van der Waals surface area contributed by atoms with Gasteiger partial charge >= 0.3 is 6.92 Å². The van der Waals surface area contributed by atoms with E-state index in [-0.39, 0.29) is 23.1 Å². The normalized spacial score (nSPS) is 13.1. The Hall–Kier alpha value is -4.01. The maximum Gasteiger partial charge on any atom is 0.312 e. The summed E-state index contributed by atoms with van der Waals surface area (Å²) in [6, 6.07) is 42.7. The Labute approximate surface area is 322 Å². The van der Waals surface area contributed by atoms with Gasteiger partial charge in [0.25, 0.3) is 0 Å². The lowest BCUT2D eigenvalue weighted by Gasteiger charge is -2.38. The van der Waals surface area contributed by atoms with Gasteiger partial charge in [0.15, 0.2) is 16.6 Å². The van der Waals surface area contributed by atoms with Crippen molar-refractivity contribution in [2.45, 2.75) is 97.7 Å². The maximum absolute atomic E-state index is 11.5. The summed E-state index contributed by atoms with van der Waals surface area (Å²) >= 11 is 0. The predicted octanol–water partition coefficient (Wildman–Crippen LogP) is 13.2. The van der Waals surface area contributed by atoms with E-state index in [0.29, 0.717) is 5.56 Å². The second kappa shape index (κ2) is 15.8. The minimum atomic E-state index is -1.87. The Balaban J connectivity index is 1.37. The molecule has 0 bridgehead atoms. The van der Waals surface area contributed by atoms with Crippen molar-refractivity contribution in [2.24, 2.45) is 0 Å². The van der Waals surface area contributed by atoms with Crippen LogP contribution in [0, 0.1) is 0 Å². The van der Waals surface area contributed by atoms with Crippen molar-refractivity contribution in [3.05, 3.63) is 132 Å². The van der Waals surface area contributed by atoms with Gasteiger partial charge in [0.2, 0.25) is 0 Å². The van der Waals surface area contributed by atoms with E-state index < -0.39 is 16.6 Å². The van der Waals surface area contributed by atoms with Gasteiger partial charge in [-0.2, -0.15) is 0 Å². The smallest absolute Gasteiger partial charge is 0.312 e. The van der Waals surface area contributed by atoms with E-state index in [2.05, 4.69) is 183 Å². The zero-order valence-corrected chi connectivity index (χ0v) is 36.0. The number of rotatable bonds is 12. The van der Waals surface area contributed by atoms with Crippen LogP contribution in [0.5, 0.6) is 0 Å². The highest BCUT2D eigenvalue weighted by Crippen LogP contribution is 2.41. The zero-order valence-electron chi connectivity index (χ0n) is 34.0. The highest BCUT2D eigenvalue weighted by Gasteiger charge is 2.39. The molecule has 5 aromatic rings. The first-order chi connectivity index (χ1) is 24.8. The highest BCUT2D eigenvalue weighted by atomic mass is 28.4. The van der Waals surface area contributed by atoms with Crippen LogP contribution >= 0.6 is 0 Å². The first-order valence-corrected chi connectivity index (χ1v) is 24.7. The van der Waals surface area contributed by atoms with E-state index in [4.69, 9.17) is 8.77 Å². The van der Waals surface area contributed by atoms with Crippen LogP contribution in [-0.4, -0.2) is 29.8 Å². The van der Waals surface area contributed by atoms with Gasteiger partial charge in [0.1, 0.15) is 6.29 Å². The minimum Gasteiger partial charge on any atom is -0.473 e. The second-order valence-electron chi connectivity index (χ2n) is 17.4. The molecule has 0 heterocycles. The average molecular weight is 740 g/mol. The van der Waals surface area contributed by atoms with Crippen molar-refractivity contribution in [1.82, 2.24) is 0 Å². The molecule has 0 radical (unpaired) electrons. The Morgan fingerprint density at radius 2 is 0.925 bits per heavy atom. The van der Waals surface area contributed by atoms with E-state index in [0.717, 1.165) is 45.6 Å². The van der Waals surface area contributed by atoms with E-state index in [9.17, 15) is 4.79 Å². The fraction of sp³-hybridized carbons (Fsp3) is 0.326. The Kier molecular flexibility index (Phi) is 11.9. The third kappa shape index (κ3) is 9.39. The molecule has 0 fully saturated rings. The molecule has 5 aromatic carbocycles. The van der Waals surface area contributed by atoms with Crippen LogP contribution < -0.4 is 10.4 Å². The number of hydrogen-bond acceptors (Lipinski definition) is 4. The van der Waals surface area contributed by atoms with E-state index >= 15 is 0 Å². The summed E-state index contributed by atoms with van der Waals surface area (Å²) in [6.45, 7) is 27.3. The quantitative estimate of drug-likeness (QED) is 0.0943. The van der Waals surface area contributed by atoms with Gasteiger partial charge in [-0.15, -0.1) is 0 Å². The molecule has 53 heavy (non-hydrogen) atoms. The van der Waals surface area contributed by atoms with Crippen LogP contribution in [0.25, 0.3) is 22.3 Å². The number of carbonyl (C=O) groups excluding carboxylic acids is 1. The number of carbonyl (C=O) groups is 1. The molecule has 1 atom stereocenters. The molecule has 0 spiro atoms. The average Bonchev–Trinajstić information content (AvgIpc) is 3.11. The van der Waals surface area contributed by atoms with Gasteiger partial charge in [0, 0.05) is 22.6 Å². The van der Waals surface area contributed by atoms with Crippen LogP contribution in [0.15, 0.2) is 121 Å². The molecule has 0 aliphatic rings. The molecule has 4 nitrogen and oxygen atoms in total. The summed E-state index contributed by atoms with van der Waals surface area (Å²) in [4.78, 5) is 13.7. The van der Waals surface area contributed by atoms with E-state index in [1.54, 1.807) is 0 Å². The molecular formula is C46H58BNO3Si2. The monoisotopic (exact) mass is 739 g/mol. The molecule has 0 saturated carbocycles. The summed E-state index contributed by atoms with van der Waals surface area (Å²) in [5.41, 5.74) is 10.7. The van der Waals surface area contributed by atoms with Crippen molar-refractivity contribution in [2.75, 3.05) is 4.90 Å². The van der Waals surface area contributed by atoms with Crippen LogP contribution in [0.1, 0.15) is 70.5 Å². The molecule has 7 heteroatoms. The molecule has 0 N–H and O–H groups in total. The molecule has 1 unspecified atom stereocenters. The molecular weight excluding hydrogens is 681 g/mol. The van der Waals surface area contributed by atoms with Gasteiger partial charge < -0.3 is 13.7 Å². The molecule has 5 rings (SSSR count). The molecule has 0 aromatic heterocycles. The minimum absolute atomic E-state index is 0.0490. The summed E-state index contributed by atoms with van der Waals surface area (Å²) in [5.74, 6) is 0. The number of hydrogen-bond donors (Lipinski definition) is 0. The largest absolute Gasteiger partial charge is 0.473 e. The number of anilines is 3. The van der Waals surface area contributed by atoms with Gasteiger partial charge in [-0.05, 0) is 120 Å². The third-order valence-corrected chi connectivity index (χ3v) is 20.6. The maximum atomic E-state index is 11.5. The summed E-state index contributed by atoms with van der Waals surface area (Å²) in [7, 11) is -3.74. The summed E-state index contributed by atoms with van der Waals surface area (Å²) < 4.78 is 13.3. The summed E-state index contributed by atoms with van der Waals surface area (Å²) in [6.07, 6.45) is 0.933. The van der Waals surface area contributed by atoms with Crippen molar-refractivity contribution in [3.8, 4) is 22.3 Å². The molecule has 0 aliphatic carbocycles. The lowest BCUT2D eigenvalue weighted by Crippen LogP contribution is -2.48. The molecule has 0 aliphatic heterocycles. The Morgan fingerprint density at radius 1 is 0.566 bits per heavy atom. The number of aldehydes is 1. The fourth-order valence-corrected chi connectivity index (χ4v) is 8.77. The van der Waals surface area contributed by atoms with E-state index in [1.807, 2.05) is 24.3 Å². The van der Waals surface area contributed by atoms with E-state index in [1.165, 1.54) is 11.0 Å². The topological polar surface area (TPSA) is 38.8 Å². The van der Waals surface area contributed by atoms with Crippen molar-refractivity contribution in [3.63, 3.8) is 0 Å². The van der Waals surface area contributed by atoms with Crippen molar-refractivity contribution < 1.29 is 13.6 Å². The number of nitrogens with zero attached hydrogens (tertiary/aromatic N) is 1. The van der Waals surface area contributed by atoms with Gasteiger partial charge in [0.05, 0.1) is 6.10 Å². The molecule has 276 valence electrons. The lowest BCUT2D eigenvalue weighted by atomic mass is 9.64. The third-order valence-electron chi connectivity index (χ3n) is 11.5. The fourth-order valence-electron chi connectivity index (χ4n) is 6.02. The van der Waals surface area contributed by atoms with Gasteiger partial charge in [-0.1, -0.05) is 127 Å². The van der Waals surface area contributed by atoms with Crippen molar-refractivity contribution in [1.29, 1.82) is 0 Å². The number of benzene rings is 5. The Morgan fingerprint density at radius 3 is 1.30 bits per heavy atom. The zero-order chi connectivity index (χ0) is 38.8. The lowest BCUT2D eigenvalue weighted by molar-refractivity contribution is 0.112. The predicted molar refractivity (Wildman–Crippen MR) is 234 cm³/mol. The highest BCUT2D eigenvalue weighted by molar-refractivity contribution is 6.83. The first kappa shape index (κ1) is 40.2. The molecule has 0 saturated heterocycles. The van der Waals surface area contributed by atoms with Gasteiger partial charge in [-0.25, -0.2) is 0 Å². The Bertz CT molecular complexity index is 1840. The second-order valence-corrected chi connectivity index (χ2v) is 26.9. The van der Waals surface area contributed by atoms with Crippen molar-refractivity contribution >= 4 is 52.4 Å².